The Morgan fingerprint density at radius 3 is 2.20 bits per heavy atom. The average Bonchev–Trinajstić information content (AvgIpc) is 1.38. The fourth-order valence-electron chi connectivity index (χ4n) is 0. The van der Waals surface area contributed by atoms with Crippen molar-refractivity contribution in [2.45, 2.75) is 12.2 Å². The molecule has 1 nitrogen and oxygen atoms in total. The smallest absolute Gasteiger partial charge is 0.0111 e. The van der Waals surface area contributed by atoms with Gasteiger partial charge in [-0.3, -0.25) is 0 Å². The van der Waals surface area contributed by atoms with Crippen molar-refractivity contribution in [3.05, 3.63) is 0 Å². The molecule has 0 saturated heterocycles. The van der Waals surface area contributed by atoms with Gasteiger partial charge in [-0.25, -0.2) is 0 Å². The minimum absolute atomic E-state index is 0.356. The van der Waals surface area contributed by atoms with E-state index in [1.807, 2.05) is 6.92 Å². The van der Waals surface area contributed by atoms with Crippen molar-refractivity contribution in [1.29, 1.82) is 0 Å². The molecule has 0 heterocycles. The summed E-state index contributed by atoms with van der Waals surface area (Å²) < 4.78 is 0. The zero-order valence-electron chi connectivity index (χ0n) is 3.31. The summed E-state index contributed by atoms with van der Waals surface area (Å²) in [4.78, 5) is 0. The maximum absolute atomic E-state index is 5.09. The van der Waals surface area contributed by atoms with Gasteiger partial charge in [-0.05, 0) is 0 Å². The van der Waals surface area contributed by atoms with Crippen LogP contribution in [-0.4, -0.2) is 11.8 Å². The molecule has 32 valence electrons. The lowest BCUT2D eigenvalue weighted by molar-refractivity contribution is 0.959. The van der Waals surface area contributed by atoms with Crippen LogP contribution in [0.2, 0.25) is 0 Å². The van der Waals surface area contributed by atoms with Crippen LogP contribution in [0.3, 0.4) is 0 Å². The summed E-state index contributed by atoms with van der Waals surface area (Å²) in [6.07, 6.45) is 0. The summed E-state index contributed by atoms with van der Waals surface area (Å²) in [5, 5.41) is 0.356. The highest BCUT2D eigenvalue weighted by molar-refractivity contribution is 7.80. The Morgan fingerprint density at radius 2 is 2.20 bits per heavy atom. The van der Waals surface area contributed by atoms with E-state index in [1.165, 1.54) is 0 Å². The monoisotopic (exact) mass is 91.0 g/mol. The van der Waals surface area contributed by atoms with Crippen molar-refractivity contribution in [3.63, 3.8) is 0 Å². The van der Waals surface area contributed by atoms with E-state index in [1.54, 1.807) is 0 Å². The van der Waals surface area contributed by atoms with E-state index < -0.39 is 0 Å². The van der Waals surface area contributed by atoms with Gasteiger partial charge in [0.15, 0.2) is 0 Å². The van der Waals surface area contributed by atoms with Crippen LogP contribution in [0.4, 0.5) is 0 Å². The summed E-state index contributed by atoms with van der Waals surface area (Å²) in [6, 6.07) is 0. The van der Waals surface area contributed by atoms with Crippen molar-refractivity contribution < 1.29 is 0 Å². The maximum Gasteiger partial charge on any atom is 0.0111 e. The second-order valence-electron chi connectivity index (χ2n) is 1.08. The van der Waals surface area contributed by atoms with Crippen LogP contribution in [0, 0.1) is 0 Å². The number of hydrogen-bond acceptors (Lipinski definition) is 2. The van der Waals surface area contributed by atoms with E-state index in [-0.39, 0.29) is 0 Å². The highest BCUT2D eigenvalue weighted by Crippen LogP contribution is 1.83. The number of thiol groups is 1. The molecule has 0 aliphatic rings. The second kappa shape index (κ2) is 2.54. The Balaban J connectivity index is 2.54. The van der Waals surface area contributed by atoms with E-state index in [2.05, 4.69) is 12.6 Å². The molecule has 0 bridgehead atoms. The molecule has 0 unspecified atom stereocenters. The van der Waals surface area contributed by atoms with Gasteiger partial charge in [0.2, 0.25) is 0 Å². The molecular weight excluding hydrogens is 82.1 g/mol. The Kier molecular flexibility index (Phi) is 2.70. The summed E-state index contributed by atoms with van der Waals surface area (Å²) in [5.41, 5.74) is 5.09. The summed E-state index contributed by atoms with van der Waals surface area (Å²) in [5.74, 6) is 0. The first-order valence-corrected chi connectivity index (χ1v) is 2.17. The Morgan fingerprint density at radius 1 is 2.00 bits per heavy atom. The van der Waals surface area contributed by atoms with E-state index in [4.69, 9.17) is 5.73 Å². The van der Waals surface area contributed by atoms with E-state index in [0.29, 0.717) is 11.8 Å². The summed E-state index contributed by atoms with van der Waals surface area (Å²) in [6.45, 7) is 2.63. The van der Waals surface area contributed by atoms with Crippen molar-refractivity contribution in [3.8, 4) is 0 Å². The first-order valence-electron chi connectivity index (χ1n) is 1.65. The Hall–Kier alpha value is 0.310. The third-order valence-electron chi connectivity index (χ3n) is 0.341. The first-order chi connectivity index (χ1) is 2.27. The molecule has 0 fully saturated rings. The van der Waals surface area contributed by atoms with Crippen LogP contribution in [0.5, 0.6) is 0 Å². The minimum Gasteiger partial charge on any atom is -0.329 e. The molecule has 0 aliphatic heterocycles. The van der Waals surface area contributed by atoms with Gasteiger partial charge >= 0.3 is 0 Å². The Labute approximate surface area is 38.0 Å². The van der Waals surface area contributed by atoms with E-state index in [9.17, 15) is 0 Å². The lowest BCUT2D eigenvalue weighted by Crippen LogP contribution is -2.08. The standard InChI is InChI=1S/C3H9NS/c1-3(5)2-4/h3,5H,2,4H2,1H3/t3-/m1/s1. The maximum atomic E-state index is 5.09. The molecule has 0 amide bonds. The van der Waals surface area contributed by atoms with Gasteiger partial charge in [-0.2, -0.15) is 12.6 Å². The fourth-order valence-corrected chi connectivity index (χ4v) is 0. The van der Waals surface area contributed by atoms with Gasteiger partial charge in [0.1, 0.15) is 0 Å². The SMILES string of the molecule is C[C@@H](S)CN. The topological polar surface area (TPSA) is 26.0 Å². The highest BCUT2D eigenvalue weighted by atomic mass is 32.1. The third kappa shape index (κ3) is 4.31. The molecule has 0 radical (unpaired) electrons. The Bertz CT molecular complexity index is 20.9. The van der Waals surface area contributed by atoms with Crippen LogP contribution in [0.1, 0.15) is 6.92 Å². The molecule has 0 aliphatic carbocycles. The van der Waals surface area contributed by atoms with Gasteiger partial charge in [0, 0.05) is 11.8 Å². The quantitative estimate of drug-likeness (QED) is 0.445. The first kappa shape index (κ1) is 5.31. The van der Waals surface area contributed by atoms with Crippen molar-refractivity contribution in [2.24, 2.45) is 5.73 Å². The average molecular weight is 91.2 g/mol. The van der Waals surface area contributed by atoms with Crippen LogP contribution >= 0.6 is 12.6 Å². The largest absolute Gasteiger partial charge is 0.329 e. The molecule has 0 spiro atoms. The predicted octanol–water partition coefficient (Wildman–Crippen LogP) is 0.263. The van der Waals surface area contributed by atoms with Gasteiger partial charge < -0.3 is 5.73 Å². The minimum atomic E-state index is 0.356. The summed E-state index contributed by atoms with van der Waals surface area (Å²) in [7, 11) is 0. The summed E-state index contributed by atoms with van der Waals surface area (Å²) >= 11 is 3.97. The molecule has 2 heteroatoms. The molecule has 0 saturated carbocycles. The molecule has 0 rings (SSSR count). The van der Waals surface area contributed by atoms with Crippen LogP contribution in [-0.2, 0) is 0 Å². The van der Waals surface area contributed by atoms with Gasteiger partial charge in [-0.1, -0.05) is 6.92 Å². The van der Waals surface area contributed by atoms with Crippen molar-refractivity contribution in [1.82, 2.24) is 0 Å². The molecule has 5 heavy (non-hydrogen) atoms. The zero-order chi connectivity index (χ0) is 4.28. The number of hydrogen-bond donors (Lipinski definition) is 2. The van der Waals surface area contributed by atoms with Gasteiger partial charge in [0.05, 0.1) is 0 Å². The lowest BCUT2D eigenvalue weighted by atomic mass is 10.5. The molecular formula is C3H9NS. The van der Waals surface area contributed by atoms with Crippen LogP contribution in [0.25, 0.3) is 0 Å². The fraction of sp³-hybridized carbons (Fsp3) is 1.00. The van der Waals surface area contributed by atoms with Gasteiger partial charge in [-0.15, -0.1) is 0 Å². The highest BCUT2D eigenvalue weighted by Gasteiger charge is 1.81. The zero-order valence-corrected chi connectivity index (χ0v) is 4.20. The molecule has 2 N–H and O–H groups in total. The molecule has 0 aromatic carbocycles. The molecule has 0 aromatic rings. The van der Waals surface area contributed by atoms with Crippen molar-refractivity contribution >= 4 is 12.6 Å². The van der Waals surface area contributed by atoms with Crippen LogP contribution in [0.15, 0.2) is 0 Å². The predicted molar refractivity (Wildman–Crippen MR) is 27.5 cm³/mol. The third-order valence-corrected chi connectivity index (χ3v) is 0.552. The molecule has 1 atom stereocenters. The normalized spacial score (nSPS) is 15.0. The lowest BCUT2D eigenvalue weighted by Gasteiger charge is -1.90. The number of nitrogens with two attached hydrogens (primary N) is 1. The molecule has 0 aromatic heterocycles. The van der Waals surface area contributed by atoms with Crippen LogP contribution < -0.4 is 5.73 Å². The van der Waals surface area contributed by atoms with E-state index in [0.717, 1.165) is 0 Å². The van der Waals surface area contributed by atoms with Gasteiger partial charge in [0.25, 0.3) is 0 Å². The number of rotatable bonds is 1. The van der Waals surface area contributed by atoms with E-state index >= 15 is 0 Å². The van der Waals surface area contributed by atoms with Crippen molar-refractivity contribution in [2.75, 3.05) is 6.54 Å². The second-order valence-corrected chi connectivity index (χ2v) is 1.97.